The molecule has 0 saturated carbocycles. The maximum atomic E-state index is 12.0. The first-order valence-electron chi connectivity index (χ1n) is 6.15. The number of rotatable bonds is 6. The third-order valence-electron chi connectivity index (χ3n) is 2.22. The summed E-state index contributed by atoms with van der Waals surface area (Å²) in [5.74, 6) is -0.356. The number of hydrogen-bond donors (Lipinski definition) is 2. The molecule has 0 unspecified atom stereocenters. The van der Waals surface area contributed by atoms with Gasteiger partial charge in [0.15, 0.2) is 0 Å². The molecule has 1 aromatic carbocycles. The van der Waals surface area contributed by atoms with Gasteiger partial charge in [0.1, 0.15) is 5.75 Å². The molecule has 0 aliphatic carbocycles. The molecule has 1 rings (SSSR count). The van der Waals surface area contributed by atoms with Gasteiger partial charge in [-0.1, -0.05) is 0 Å². The minimum absolute atomic E-state index is 0.0791. The Morgan fingerprint density at radius 3 is 2.35 bits per heavy atom. The van der Waals surface area contributed by atoms with Crippen molar-refractivity contribution in [1.82, 2.24) is 5.32 Å². The highest BCUT2D eigenvalue weighted by Gasteiger charge is 2.30. The second-order valence-electron chi connectivity index (χ2n) is 4.47. The lowest BCUT2D eigenvalue weighted by atomic mass is 10.3. The summed E-state index contributed by atoms with van der Waals surface area (Å²) in [6, 6.07) is 5.43. The van der Waals surface area contributed by atoms with Gasteiger partial charge in [0.25, 0.3) is 0 Å². The number of hydrogen-bond acceptors (Lipinski definition) is 3. The van der Waals surface area contributed by atoms with Gasteiger partial charge < -0.3 is 15.4 Å². The van der Waals surface area contributed by atoms with E-state index in [1.807, 2.05) is 13.8 Å². The van der Waals surface area contributed by atoms with E-state index in [-0.39, 0.29) is 17.7 Å². The fourth-order valence-electron chi connectivity index (χ4n) is 1.49. The van der Waals surface area contributed by atoms with Crippen molar-refractivity contribution >= 4 is 11.6 Å². The predicted octanol–water partition coefficient (Wildman–Crippen LogP) is 2.91. The highest BCUT2D eigenvalue weighted by Crippen LogP contribution is 2.23. The first-order valence-corrected chi connectivity index (χ1v) is 6.15. The van der Waals surface area contributed by atoms with Crippen molar-refractivity contribution in [2.24, 2.45) is 0 Å². The predicted molar refractivity (Wildman–Crippen MR) is 69.5 cm³/mol. The number of carbonyl (C=O) groups excluding carboxylic acids is 1. The second-order valence-corrected chi connectivity index (χ2v) is 4.47. The molecule has 0 aromatic heterocycles. The molecule has 112 valence electrons. The molecule has 2 N–H and O–H groups in total. The Kier molecular flexibility index (Phi) is 5.66. The third kappa shape index (κ3) is 6.86. The zero-order valence-electron chi connectivity index (χ0n) is 11.3. The van der Waals surface area contributed by atoms with E-state index in [1.165, 1.54) is 24.3 Å². The van der Waals surface area contributed by atoms with Crippen molar-refractivity contribution in [2.45, 2.75) is 32.7 Å². The molecule has 0 atom stereocenters. The molecule has 7 heteroatoms. The number of benzene rings is 1. The van der Waals surface area contributed by atoms with Crippen LogP contribution in [-0.2, 0) is 4.79 Å². The molecule has 0 saturated heterocycles. The van der Waals surface area contributed by atoms with Crippen molar-refractivity contribution in [2.75, 3.05) is 11.9 Å². The van der Waals surface area contributed by atoms with Gasteiger partial charge in [0, 0.05) is 24.7 Å². The van der Waals surface area contributed by atoms with E-state index in [0.717, 1.165) is 0 Å². The van der Waals surface area contributed by atoms with Crippen LogP contribution in [0.2, 0.25) is 0 Å². The van der Waals surface area contributed by atoms with Crippen LogP contribution in [0.1, 0.15) is 20.3 Å². The van der Waals surface area contributed by atoms with Crippen LogP contribution in [0.5, 0.6) is 5.75 Å². The summed E-state index contributed by atoms with van der Waals surface area (Å²) < 4.78 is 39.6. The van der Waals surface area contributed by atoms with Crippen LogP contribution in [0.4, 0.5) is 18.9 Å². The van der Waals surface area contributed by atoms with Crippen molar-refractivity contribution in [3.8, 4) is 5.75 Å². The Morgan fingerprint density at radius 2 is 1.85 bits per heavy atom. The van der Waals surface area contributed by atoms with Crippen LogP contribution < -0.4 is 15.4 Å². The normalized spacial score (nSPS) is 11.3. The summed E-state index contributed by atoms with van der Waals surface area (Å²) in [5, 5.41) is 5.68. The van der Waals surface area contributed by atoms with E-state index >= 15 is 0 Å². The summed E-state index contributed by atoms with van der Waals surface area (Å²) in [6.07, 6.45) is -4.40. The molecule has 20 heavy (non-hydrogen) atoms. The Bertz CT molecular complexity index is 430. The van der Waals surface area contributed by atoms with Gasteiger partial charge in [-0.3, -0.25) is 4.79 Å². The van der Waals surface area contributed by atoms with Crippen molar-refractivity contribution in [3.63, 3.8) is 0 Å². The Balaban J connectivity index is 2.37. The lowest BCUT2D eigenvalue weighted by Crippen LogP contribution is -2.31. The van der Waals surface area contributed by atoms with Gasteiger partial charge in [-0.15, -0.1) is 13.2 Å². The van der Waals surface area contributed by atoms with Crippen molar-refractivity contribution in [3.05, 3.63) is 24.3 Å². The summed E-state index contributed by atoms with van der Waals surface area (Å²) in [7, 11) is 0. The van der Waals surface area contributed by atoms with Crippen LogP contribution in [0.3, 0.4) is 0 Å². The Labute approximate surface area is 115 Å². The number of carbonyl (C=O) groups is 1. The fraction of sp³-hybridized carbons (Fsp3) is 0.462. The molecule has 4 nitrogen and oxygen atoms in total. The summed E-state index contributed by atoms with van der Waals surface area (Å²) in [6.45, 7) is 4.13. The average molecular weight is 290 g/mol. The van der Waals surface area contributed by atoms with E-state index in [4.69, 9.17) is 0 Å². The molecule has 0 heterocycles. The first-order chi connectivity index (χ1) is 9.26. The number of amides is 1. The summed E-state index contributed by atoms with van der Waals surface area (Å²) in [4.78, 5) is 11.4. The van der Waals surface area contributed by atoms with Gasteiger partial charge in [0.2, 0.25) is 5.91 Å². The largest absolute Gasteiger partial charge is 0.573 e. The Hall–Kier alpha value is -1.92. The standard InChI is InChI=1S/C13H17F3N2O2/c1-9(2)18-12(19)7-8-17-10-3-5-11(6-4-10)20-13(14,15)16/h3-6,9,17H,7-8H2,1-2H3,(H,18,19). The van der Waals surface area contributed by atoms with Crippen molar-refractivity contribution in [1.29, 1.82) is 0 Å². The third-order valence-corrected chi connectivity index (χ3v) is 2.22. The quantitative estimate of drug-likeness (QED) is 0.847. The van der Waals surface area contributed by atoms with E-state index in [0.29, 0.717) is 18.7 Å². The molecule has 0 aliphatic heterocycles. The van der Waals surface area contributed by atoms with E-state index in [9.17, 15) is 18.0 Å². The maximum Gasteiger partial charge on any atom is 0.573 e. The zero-order valence-corrected chi connectivity index (χ0v) is 11.3. The molecular weight excluding hydrogens is 273 g/mol. The van der Waals surface area contributed by atoms with Crippen LogP contribution in [0, 0.1) is 0 Å². The minimum Gasteiger partial charge on any atom is -0.406 e. The summed E-state index contributed by atoms with van der Waals surface area (Å²) in [5.41, 5.74) is 0.622. The molecule has 0 aliphatic rings. The van der Waals surface area contributed by atoms with Gasteiger partial charge in [-0.2, -0.15) is 0 Å². The van der Waals surface area contributed by atoms with E-state index in [2.05, 4.69) is 15.4 Å². The number of alkyl halides is 3. The number of anilines is 1. The lowest BCUT2D eigenvalue weighted by Gasteiger charge is -2.11. The van der Waals surface area contributed by atoms with Crippen LogP contribution >= 0.6 is 0 Å². The highest BCUT2D eigenvalue weighted by atomic mass is 19.4. The SMILES string of the molecule is CC(C)NC(=O)CCNc1ccc(OC(F)(F)F)cc1. The molecule has 0 spiro atoms. The number of halogens is 3. The van der Waals surface area contributed by atoms with Crippen LogP contribution in [0.15, 0.2) is 24.3 Å². The van der Waals surface area contributed by atoms with E-state index < -0.39 is 6.36 Å². The Morgan fingerprint density at radius 1 is 1.25 bits per heavy atom. The van der Waals surface area contributed by atoms with Gasteiger partial charge in [0.05, 0.1) is 0 Å². The van der Waals surface area contributed by atoms with Crippen LogP contribution in [-0.4, -0.2) is 24.9 Å². The first kappa shape index (κ1) is 16.1. The fourth-order valence-corrected chi connectivity index (χ4v) is 1.49. The number of ether oxygens (including phenoxy) is 1. The molecule has 1 amide bonds. The minimum atomic E-state index is -4.69. The topological polar surface area (TPSA) is 50.4 Å². The van der Waals surface area contributed by atoms with Gasteiger partial charge in [-0.25, -0.2) is 0 Å². The highest BCUT2D eigenvalue weighted by molar-refractivity contribution is 5.76. The van der Waals surface area contributed by atoms with Crippen molar-refractivity contribution < 1.29 is 22.7 Å². The lowest BCUT2D eigenvalue weighted by molar-refractivity contribution is -0.274. The van der Waals surface area contributed by atoms with Gasteiger partial charge >= 0.3 is 6.36 Å². The molecule has 0 fully saturated rings. The smallest absolute Gasteiger partial charge is 0.406 e. The molecular formula is C13H17F3N2O2. The maximum absolute atomic E-state index is 12.0. The van der Waals surface area contributed by atoms with Gasteiger partial charge in [-0.05, 0) is 38.1 Å². The second kappa shape index (κ2) is 7.02. The molecule has 1 aromatic rings. The molecule has 0 radical (unpaired) electrons. The molecule has 0 bridgehead atoms. The number of nitrogens with one attached hydrogen (secondary N) is 2. The average Bonchev–Trinajstić information content (AvgIpc) is 2.28. The van der Waals surface area contributed by atoms with E-state index in [1.54, 1.807) is 0 Å². The monoisotopic (exact) mass is 290 g/mol. The van der Waals surface area contributed by atoms with Crippen LogP contribution in [0.25, 0.3) is 0 Å². The zero-order chi connectivity index (χ0) is 15.2. The summed E-state index contributed by atoms with van der Waals surface area (Å²) >= 11 is 0.